The fourth-order valence-electron chi connectivity index (χ4n) is 3.21. The summed E-state index contributed by atoms with van der Waals surface area (Å²) in [6.45, 7) is 12.5. The maximum absolute atomic E-state index is 12.6. The lowest BCUT2D eigenvalue weighted by Gasteiger charge is -2.28. The summed E-state index contributed by atoms with van der Waals surface area (Å²) in [5.74, 6) is 0.346. The summed E-state index contributed by atoms with van der Waals surface area (Å²) >= 11 is 0. The topological polar surface area (TPSA) is 75.7 Å². The largest absolute Gasteiger partial charge is 0.492 e. The second-order valence-electron chi connectivity index (χ2n) is 8.92. The van der Waals surface area contributed by atoms with Crippen LogP contribution in [-0.2, 0) is 20.2 Å². The zero-order chi connectivity index (χ0) is 23.4. The lowest BCUT2D eigenvalue weighted by molar-refractivity contribution is -0.121. The zero-order valence-corrected chi connectivity index (χ0v) is 20.3. The molecule has 1 atom stereocenters. The van der Waals surface area contributed by atoms with Crippen molar-refractivity contribution in [1.82, 2.24) is 5.32 Å². The minimum atomic E-state index is -3.64. The molecule has 170 valence electrons. The summed E-state index contributed by atoms with van der Waals surface area (Å²) in [5.41, 5.74) is 3.79. The lowest BCUT2D eigenvalue weighted by atomic mass is 9.87. The fourth-order valence-corrected chi connectivity index (χ4v) is 4.38. The van der Waals surface area contributed by atoms with Gasteiger partial charge in [0, 0.05) is 0 Å². The third-order valence-electron chi connectivity index (χ3n) is 5.22. The van der Waals surface area contributed by atoms with Crippen LogP contribution >= 0.6 is 0 Å². The summed E-state index contributed by atoms with van der Waals surface area (Å²) in [6, 6.07) is 12.4. The predicted molar refractivity (Wildman–Crippen MR) is 126 cm³/mol. The molecular weight excluding hydrogens is 412 g/mol. The summed E-state index contributed by atoms with van der Waals surface area (Å²) in [4.78, 5) is 12.6. The molecule has 0 heterocycles. The fraction of sp³-hybridized carbons (Fsp3) is 0.458. The first-order valence-electron chi connectivity index (χ1n) is 10.4. The standard InChI is InChI=1S/C24H34N2O4S/c1-17-8-11-21(16-18(17)2)26(31(7,28)29)19(3)23(27)25-14-15-30-22-12-9-20(10-13-22)24(4,5)6/h8-13,16,19H,14-15H2,1-7H3,(H,25,27). The summed E-state index contributed by atoms with van der Waals surface area (Å²) < 4.78 is 31.7. The van der Waals surface area contributed by atoms with Crippen LogP contribution in [0.4, 0.5) is 5.69 Å². The number of amides is 1. The SMILES string of the molecule is Cc1ccc(N(C(C)C(=O)NCCOc2ccc(C(C)(C)C)cc2)S(C)(=O)=O)cc1C. The van der Waals surface area contributed by atoms with E-state index < -0.39 is 16.1 Å². The van der Waals surface area contributed by atoms with Crippen molar-refractivity contribution in [1.29, 1.82) is 0 Å². The molecule has 0 aliphatic rings. The van der Waals surface area contributed by atoms with Crippen molar-refractivity contribution in [3.05, 3.63) is 59.2 Å². The minimum Gasteiger partial charge on any atom is -0.492 e. The maximum atomic E-state index is 12.6. The number of anilines is 1. The van der Waals surface area contributed by atoms with E-state index in [-0.39, 0.29) is 24.5 Å². The van der Waals surface area contributed by atoms with Gasteiger partial charge in [0.2, 0.25) is 15.9 Å². The van der Waals surface area contributed by atoms with Gasteiger partial charge < -0.3 is 10.1 Å². The Morgan fingerprint density at radius 2 is 1.68 bits per heavy atom. The van der Waals surface area contributed by atoms with Crippen LogP contribution in [0.3, 0.4) is 0 Å². The van der Waals surface area contributed by atoms with E-state index in [1.807, 2.05) is 44.2 Å². The smallest absolute Gasteiger partial charge is 0.243 e. The molecule has 6 nitrogen and oxygen atoms in total. The molecule has 1 N–H and O–H groups in total. The maximum Gasteiger partial charge on any atom is 0.243 e. The summed E-state index contributed by atoms with van der Waals surface area (Å²) in [6.07, 6.45) is 1.11. The Balaban J connectivity index is 1.97. The van der Waals surface area contributed by atoms with Gasteiger partial charge in [0.1, 0.15) is 18.4 Å². The molecule has 0 saturated heterocycles. The lowest BCUT2D eigenvalue weighted by Crippen LogP contribution is -2.48. The molecule has 2 aromatic carbocycles. The summed E-state index contributed by atoms with van der Waals surface area (Å²) in [5, 5.41) is 2.77. The molecule has 0 radical (unpaired) electrons. The van der Waals surface area contributed by atoms with E-state index in [4.69, 9.17) is 4.74 Å². The highest BCUT2D eigenvalue weighted by Gasteiger charge is 2.29. The van der Waals surface area contributed by atoms with Gasteiger partial charge in [-0.25, -0.2) is 8.42 Å². The van der Waals surface area contributed by atoms with Crippen LogP contribution in [0.2, 0.25) is 0 Å². The Bertz CT molecular complexity index is 1010. The molecule has 0 fully saturated rings. The summed E-state index contributed by atoms with van der Waals surface area (Å²) in [7, 11) is -3.64. The number of aryl methyl sites for hydroxylation is 2. The third-order valence-corrected chi connectivity index (χ3v) is 6.47. The van der Waals surface area contributed by atoms with Crippen molar-refractivity contribution in [3.63, 3.8) is 0 Å². The Kier molecular flexibility index (Phi) is 7.76. The van der Waals surface area contributed by atoms with Gasteiger partial charge in [-0.15, -0.1) is 0 Å². The highest BCUT2D eigenvalue weighted by atomic mass is 32.2. The first-order chi connectivity index (χ1) is 14.3. The average molecular weight is 447 g/mol. The van der Waals surface area contributed by atoms with Gasteiger partial charge in [-0.1, -0.05) is 39.0 Å². The first kappa shape index (κ1) is 24.7. The van der Waals surface area contributed by atoms with Crippen molar-refractivity contribution in [2.45, 2.75) is 53.0 Å². The molecule has 0 aromatic heterocycles. The van der Waals surface area contributed by atoms with Crippen LogP contribution in [0.15, 0.2) is 42.5 Å². The van der Waals surface area contributed by atoms with E-state index >= 15 is 0 Å². The van der Waals surface area contributed by atoms with Crippen molar-refractivity contribution in [2.24, 2.45) is 0 Å². The molecule has 31 heavy (non-hydrogen) atoms. The van der Waals surface area contributed by atoms with Crippen LogP contribution in [0.25, 0.3) is 0 Å². The van der Waals surface area contributed by atoms with Crippen molar-refractivity contribution < 1.29 is 17.9 Å². The monoisotopic (exact) mass is 446 g/mol. The first-order valence-corrected chi connectivity index (χ1v) is 12.2. The molecule has 0 aliphatic carbocycles. The van der Waals surface area contributed by atoms with E-state index in [1.54, 1.807) is 19.1 Å². The predicted octanol–water partition coefficient (Wildman–Crippen LogP) is 3.95. The number of carbonyl (C=O) groups excluding carboxylic acids is 1. The van der Waals surface area contributed by atoms with Gasteiger partial charge in [-0.2, -0.15) is 0 Å². The van der Waals surface area contributed by atoms with Gasteiger partial charge in [0.25, 0.3) is 0 Å². The minimum absolute atomic E-state index is 0.0735. The Morgan fingerprint density at radius 1 is 1.06 bits per heavy atom. The van der Waals surface area contributed by atoms with Gasteiger partial charge in [0.05, 0.1) is 18.5 Å². The van der Waals surface area contributed by atoms with Gasteiger partial charge in [-0.05, 0) is 67.1 Å². The third kappa shape index (κ3) is 6.72. The molecule has 2 aromatic rings. The van der Waals surface area contributed by atoms with E-state index in [0.717, 1.165) is 27.4 Å². The second kappa shape index (κ2) is 9.73. The molecule has 2 rings (SSSR count). The number of ether oxygens (including phenoxy) is 1. The number of nitrogens with zero attached hydrogens (tertiary/aromatic N) is 1. The number of hydrogen-bond acceptors (Lipinski definition) is 4. The van der Waals surface area contributed by atoms with E-state index in [0.29, 0.717) is 5.69 Å². The van der Waals surface area contributed by atoms with Gasteiger partial charge >= 0.3 is 0 Å². The van der Waals surface area contributed by atoms with Crippen LogP contribution in [-0.4, -0.2) is 39.8 Å². The highest BCUT2D eigenvalue weighted by molar-refractivity contribution is 7.92. The molecule has 7 heteroatoms. The molecule has 0 spiro atoms. The van der Waals surface area contributed by atoms with Crippen molar-refractivity contribution >= 4 is 21.6 Å². The zero-order valence-electron chi connectivity index (χ0n) is 19.5. The number of benzene rings is 2. The van der Waals surface area contributed by atoms with Crippen LogP contribution < -0.4 is 14.4 Å². The number of carbonyl (C=O) groups is 1. The normalized spacial score (nSPS) is 12.9. The van der Waals surface area contributed by atoms with Crippen LogP contribution in [0.1, 0.15) is 44.4 Å². The molecule has 1 amide bonds. The number of hydrogen-bond donors (Lipinski definition) is 1. The quantitative estimate of drug-likeness (QED) is 0.623. The molecule has 0 aliphatic heterocycles. The number of sulfonamides is 1. The average Bonchev–Trinajstić information content (AvgIpc) is 2.66. The Morgan fingerprint density at radius 3 is 2.19 bits per heavy atom. The van der Waals surface area contributed by atoms with E-state index in [2.05, 4.69) is 26.1 Å². The molecule has 0 bridgehead atoms. The molecule has 0 saturated carbocycles. The Hall–Kier alpha value is -2.54. The van der Waals surface area contributed by atoms with Crippen LogP contribution in [0, 0.1) is 13.8 Å². The number of rotatable bonds is 8. The second-order valence-corrected chi connectivity index (χ2v) is 10.8. The van der Waals surface area contributed by atoms with Gasteiger partial charge in [0.15, 0.2) is 0 Å². The molecular formula is C24H34N2O4S. The number of nitrogens with one attached hydrogen (secondary N) is 1. The van der Waals surface area contributed by atoms with Crippen molar-refractivity contribution in [2.75, 3.05) is 23.7 Å². The van der Waals surface area contributed by atoms with Crippen LogP contribution in [0.5, 0.6) is 5.75 Å². The van der Waals surface area contributed by atoms with Crippen molar-refractivity contribution in [3.8, 4) is 5.75 Å². The molecule has 1 unspecified atom stereocenters. The van der Waals surface area contributed by atoms with E-state index in [1.165, 1.54) is 5.56 Å². The highest BCUT2D eigenvalue weighted by Crippen LogP contribution is 2.25. The van der Waals surface area contributed by atoms with E-state index in [9.17, 15) is 13.2 Å². The van der Waals surface area contributed by atoms with Gasteiger partial charge in [-0.3, -0.25) is 9.10 Å². The Labute approximate surface area is 186 Å².